The molecule has 2 unspecified atom stereocenters. The maximum Gasteiger partial charge on any atom is 0.278 e. The first kappa shape index (κ1) is 21.0. The zero-order chi connectivity index (χ0) is 20.4. The van der Waals surface area contributed by atoms with Crippen molar-refractivity contribution in [2.24, 2.45) is 0 Å². The molecular formula is C18H27N3O6S. The molecule has 156 valence electrons. The normalized spacial score (nSPS) is 27.3. The lowest BCUT2D eigenvalue weighted by Crippen LogP contribution is -2.67. The second-order valence-corrected chi connectivity index (χ2v) is 9.43. The highest BCUT2D eigenvalue weighted by atomic mass is 32.2. The molecular weight excluding hydrogens is 386 g/mol. The molecule has 9 nitrogen and oxygen atoms in total. The maximum atomic E-state index is 13.2. The zero-order valence-electron chi connectivity index (χ0n) is 15.8. The Morgan fingerprint density at radius 3 is 2.68 bits per heavy atom. The lowest BCUT2D eigenvalue weighted by molar-refractivity contribution is -0.150. The number of hydrogen-bond donors (Lipinski definition) is 4. The van der Waals surface area contributed by atoms with Crippen LogP contribution in [0, 0.1) is 0 Å². The highest BCUT2D eigenvalue weighted by Crippen LogP contribution is 2.34. The van der Waals surface area contributed by atoms with Gasteiger partial charge in [0.15, 0.2) is 5.60 Å². The van der Waals surface area contributed by atoms with Crippen molar-refractivity contribution in [3.05, 3.63) is 29.8 Å². The number of carbonyl (C=O) groups is 1. The number of nitrogens with zero attached hydrogens (tertiary/aromatic N) is 1. The Balaban J connectivity index is 1.74. The second-order valence-electron chi connectivity index (χ2n) is 7.31. The van der Waals surface area contributed by atoms with Crippen LogP contribution in [0.25, 0.3) is 0 Å². The Hall–Kier alpha value is -1.72. The summed E-state index contributed by atoms with van der Waals surface area (Å²) in [5, 5.41) is 21.2. The first-order chi connectivity index (χ1) is 13.3. The van der Waals surface area contributed by atoms with E-state index in [2.05, 4.69) is 5.32 Å². The van der Waals surface area contributed by atoms with Crippen LogP contribution in [0.4, 0.5) is 0 Å². The molecule has 2 heterocycles. The monoisotopic (exact) mass is 413 g/mol. The quantitative estimate of drug-likeness (QED) is 0.389. The van der Waals surface area contributed by atoms with Gasteiger partial charge in [-0.1, -0.05) is 12.1 Å². The number of β-amino-alcohol motifs (C(OH)–C–C–N with tert-alkyl or cyclic N) is 1. The Bertz CT molecular complexity index is 809. The van der Waals surface area contributed by atoms with Crippen molar-refractivity contribution >= 4 is 15.9 Å². The van der Waals surface area contributed by atoms with Gasteiger partial charge in [-0.25, -0.2) is 18.2 Å². The van der Waals surface area contributed by atoms with E-state index in [1.807, 2.05) is 24.3 Å². The lowest BCUT2D eigenvalue weighted by atomic mass is 9.90. The largest absolute Gasteiger partial charge is 0.497 e. The van der Waals surface area contributed by atoms with E-state index in [9.17, 15) is 18.3 Å². The van der Waals surface area contributed by atoms with Gasteiger partial charge in [-0.3, -0.25) is 10.0 Å². The van der Waals surface area contributed by atoms with Crippen LogP contribution in [-0.4, -0.2) is 73.1 Å². The molecule has 1 aromatic carbocycles. The molecule has 1 amide bonds. The molecule has 0 bridgehead atoms. The van der Waals surface area contributed by atoms with Gasteiger partial charge in [0.05, 0.1) is 7.11 Å². The molecule has 2 aliphatic rings. The van der Waals surface area contributed by atoms with E-state index < -0.39 is 26.8 Å². The van der Waals surface area contributed by atoms with E-state index in [-0.39, 0.29) is 18.9 Å². The summed E-state index contributed by atoms with van der Waals surface area (Å²) in [6.45, 7) is 0.755. The van der Waals surface area contributed by atoms with Crippen molar-refractivity contribution in [3.63, 3.8) is 0 Å². The molecule has 2 fully saturated rings. The SMILES string of the molecule is COc1cccc(C2CCN(S(=O)(=O)C3CCNCC3(O)C(=O)NO)CC2)c1. The first-order valence-electron chi connectivity index (χ1n) is 9.33. The van der Waals surface area contributed by atoms with E-state index in [1.165, 1.54) is 9.79 Å². The topological polar surface area (TPSA) is 128 Å². The molecule has 0 saturated carbocycles. The van der Waals surface area contributed by atoms with Crippen molar-refractivity contribution in [2.45, 2.75) is 36.0 Å². The van der Waals surface area contributed by atoms with Crippen molar-refractivity contribution in [2.75, 3.05) is 33.3 Å². The summed E-state index contributed by atoms with van der Waals surface area (Å²) in [5.41, 5.74) is 0.289. The number of hydrogen-bond acceptors (Lipinski definition) is 7. The van der Waals surface area contributed by atoms with Gasteiger partial charge in [0.1, 0.15) is 11.0 Å². The van der Waals surface area contributed by atoms with Crippen LogP contribution in [0.1, 0.15) is 30.7 Å². The van der Waals surface area contributed by atoms with Gasteiger partial charge < -0.3 is 15.2 Å². The predicted molar refractivity (Wildman–Crippen MR) is 102 cm³/mol. The number of ether oxygens (including phenoxy) is 1. The average molecular weight is 413 g/mol. The number of aliphatic hydroxyl groups is 1. The number of methoxy groups -OCH3 is 1. The number of nitrogens with one attached hydrogen (secondary N) is 2. The van der Waals surface area contributed by atoms with Gasteiger partial charge in [0, 0.05) is 19.6 Å². The number of amides is 1. The molecule has 10 heteroatoms. The summed E-state index contributed by atoms with van der Waals surface area (Å²) in [4.78, 5) is 12.0. The standard InChI is InChI=1S/C18H27N3O6S/c1-27-15-4-2-3-14(11-15)13-6-9-21(10-7-13)28(25,26)16-5-8-19-12-18(16,23)17(22)20-24/h2-4,11,13,16,19,23-24H,5-10,12H2,1H3,(H,20,22). The number of carbonyl (C=O) groups excluding carboxylic acids is 1. The van der Waals surface area contributed by atoms with E-state index in [0.717, 1.165) is 11.3 Å². The van der Waals surface area contributed by atoms with Gasteiger partial charge in [-0.15, -0.1) is 0 Å². The van der Waals surface area contributed by atoms with Crippen LogP contribution in [0.3, 0.4) is 0 Å². The van der Waals surface area contributed by atoms with Crippen LogP contribution < -0.4 is 15.5 Å². The van der Waals surface area contributed by atoms with Gasteiger partial charge >= 0.3 is 0 Å². The third-order valence-corrected chi connectivity index (χ3v) is 8.17. The summed E-state index contributed by atoms with van der Waals surface area (Å²) < 4.78 is 33.0. The molecule has 4 N–H and O–H groups in total. The maximum absolute atomic E-state index is 13.2. The fourth-order valence-electron chi connectivity index (χ4n) is 4.10. The minimum absolute atomic E-state index is 0.0854. The zero-order valence-corrected chi connectivity index (χ0v) is 16.6. The summed E-state index contributed by atoms with van der Waals surface area (Å²) >= 11 is 0. The van der Waals surface area contributed by atoms with Gasteiger partial charge in [0.25, 0.3) is 5.91 Å². The van der Waals surface area contributed by atoms with Gasteiger partial charge in [-0.05, 0) is 49.4 Å². The van der Waals surface area contributed by atoms with Gasteiger partial charge in [0.2, 0.25) is 10.0 Å². The molecule has 3 rings (SSSR count). The number of piperidine rings is 2. The van der Waals surface area contributed by atoms with Crippen LogP contribution >= 0.6 is 0 Å². The van der Waals surface area contributed by atoms with Crippen LogP contribution in [0.15, 0.2) is 24.3 Å². The molecule has 0 aliphatic carbocycles. The Kier molecular flexibility index (Phi) is 6.25. The lowest BCUT2D eigenvalue weighted by Gasteiger charge is -2.41. The second kappa shape index (κ2) is 8.34. The molecule has 2 aliphatic heterocycles. The minimum Gasteiger partial charge on any atom is -0.497 e. The molecule has 0 radical (unpaired) electrons. The molecule has 1 aromatic rings. The Morgan fingerprint density at radius 1 is 1.32 bits per heavy atom. The number of sulfonamides is 1. The number of hydroxylamine groups is 1. The molecule has 0 aromatic heterocycles. The summed E-state index contributed by atoms with van der Waals surface area (Å²) in [6, 6.07) is 7.76. The third-order valence-electron chi connectivity index (χ3n) is 5.74. The van der Waals surface area contributed by atoms with Crippen LogP contribution in [-0.2, 0) is 14.8 Å². The highest BCUT2D eigenvalue weighted by molar-refractivity contribution is 7.89. The highest BCUT2D eigenvalue weighted by Gasteiger charge is 2.53. The number of benzene rings is 1. The van der Waals surface area contributed by atoms with E-state index >= 15 is 0 Å². The van der Waals surface area contributed by atoms with Crippen molar-refractivity contribution in [3.8, 4) is 5.75 Å². The van der Waals surface area contributed by atoms with Crippen molar-refractivity contribution < 1.29 is 28.3 Å². The molecule has 0 spiro atoms. The summed E-state index contributed by atoms with van der Waals surface area (Å²) in [5.74, 6) is -0.129. The molecule has 28 heavy (non-hydrogen) atoms. The molecule has 2 atom stereocenters. The molecule has 2 saturated heterocycles. The number of rotatable bonds is 5. The summed E-state index contributed by atoms with van der Waals surface area (Å²) in [7, 11) is -2.31. The Morgan fingerprint density at radius 2 is 2.04 bits per heavy atom. The van der Waals surface area contributed by atoms with Gasteiger partial charge in [-0.2, -0.15) is 0 Å². The average Bonchev–Trinajstić information content (AvgIpc) is 2.73. The third kappa shape index (κ3) is 3.87. The van der Waals surface area contributed by atoms with Crippen molar-refractivity contribution in [1.29, 1.82) is 0 Å². The fourth-order valence-corrected chi connectivity index (χ4v) is 6.28. The first-order valence-corrected chi connectivity index (χ1v) is 10.8. The van der Waals surface area contributed by atoms with E-state index in [0.29, 0.717) is 32.5 Å². The smallest absolute Gasteiger partial charge is 0.278 e. The van der Waals surface area contributed by atoms with E-state index in [4.69, 9.17) is 9.94 Å². The van der Waals surface area contributed by atoms with Crippen LogP contribution in [0.5, 0.6) is 5.75 Å². The minimum atomic E-state index is -3.92. The fraction of sp³-hybridized carbons (Fsp3) is 0.611. The van der Waals surface area contributed by atoms with Crippen LogP contribution in [0.2, 0.25) is 0 Å². The van der Waals surface area contributed by atoms with E-state index in [1.54, 1.807) is 7.11 Å². The van der Waals surface area contributed by atoms with Crippen molar-refractivity contribution in [1.82, 2.24) is 15.1 Å². The predicted octanol–water partition coefficient (Wildman–Crippen LogP) is -0.197. The summed E-state index contributed by atoms with van der Waals surface area (Å²) in [6.07, 6.45) is 1.37. The Labute approximate surface area is 164 Å².